The van der Waals surface area contributed by atoms with E-state index < -0.39 is 15.9 Å². The van der Waals surface area contributed by atoms with Crippen molar-refractivity contribution >= 4 is 38.1 Å². The van der Waals surface area contributed by atoms with Gasteiger partial charge in [0, 0.05) is 12.0 Å². The van der Waals surface area contributed by atoms with Gasteiger partial charge in [-0.25, -0.2) is 8.42 Å². The highest BCUT2D eigenvalue weighted by molar-refractivity contribution is 7.93. The Bertz CT molecular complexity index is 1290. The van der Waals surface area contributed by atoms with Crippen molar-refractivity contribution in [2.24, 2.45) is 0 Å². The molecule has 166 valence electrons. The van der Waals surface area contributed by atoms with Crippen LogP contribution in [-0.4, -0.2) is 40.2 Å². The highest BCUT2D eigenvalue weighted by Gasteiger charge is 2.36. The first kappa shape index (κ1) is 20.8. The summed E-state index contributed by atoms with van der Waals surface area (Å²) in [5.41, 5.74) is 2.02. The number of nitrogens with one attached hydrogen (secondary N) is 1. The molecule has 0 aliphatic carbocycles. The number of rotatable bonds is 6. The summed E-state index contributed by atoms with van der Waals surface area (Å²) in [5, 5.41) is 4.31. The van der Waals surface area contributed by atoms with E-state index in [1.54, 1.807) is 30.3 Å². The van der Waals surface area contributed by atoms with Crippen LogP contribution in [0.15, 0.2) is 59.5 Å². The smallest absolute Gasteiger partial charge is 0.265 e. The minimum Gasteiger partial charge on any atom is -0.489 e. The van der Waals surface area contributed by atoms with Gasteiger partial charge in [0.2, 0.25) is 5.91 Å². The van der Waals surface area contributed by atoms with Gasteiger partial charge in [0.1, 0.15) is 18.9 Å². The molecular weight excluding hydrogens is 428 g/mol. The molecule has 3 aromatic carbocycles. The monoisotopic (exact) mass is 452 g/mol. The summed E-state index contributed by atoms with van der Waals surface area (Å²) < 4.78 is 39.0. The highest BCUT2D eigenvalue weighted by atomic mass is 32.2. The van der Waals surface area contributed by atoms with Gasteiger partial charge in [-0.1, -0.05) is 30.3 Å². The Morgan fingerprint density at radius 1 is 1.19 bits per heavy atom. The molecule has 1 N–H and O–H groups in total. The van der Waals surface area contributed by atoms with Gasteiger partial charge in [0.05, 0.1) is 22.4 Å². The predicted molar refractivity (Wildman–Crippen MR) is 123 cm³/mol. The summed E-state index contributed by atoms with van der Waals surface area (Å²) in [6.07, 6.45) is 2.02. The quantitative estimate of drug-likeness (QED) is 0.614. The van der Waals surface area contributed by atoms with Crippen LogP contribution < -0.4 is 14.4 Å². The van der Waals surface area contributed by atoms with Crippen molar-refractivity contribution in [1.82, 2.24) is 0 Å². The zero-order valence-corrected chi connectivity index (χ0v) is 18.5. The van der Waals surface area contributed by atoms with Crippen molar-refractivity contribution in [3.05, 3.63) is 60.2 Å². The molecule has 1 saturated heterocycles. The lowest BCUT2D eigenvalue weighted by Gasteiger charge is -2.20. The van der Waals surface area contributed by atoms with Crippen LogP contribution in [0, 0.1) is 6.92 Å². The van der Waals surface area contributed by atoms with Crippen molar-refractivity contribution in [3.8, 4) is 5.75 Å². The van der Waals surface area contributed by atoms with Gasteiger partial charge in [0.25, 0.3) is 10.0 Å². The van der Waals surface area contributed by atoms with Crippen LogP contribution in [0.1, 0.15) is 18.4 Å². The molecule has 0 saturated carbocycles. The Hall–Kier alpha value is -3.10. The van der Waals surface area contributed by atoms with Crippen LogP contribution in [0.4, 0.5) is 11.4 Å². The molecule has 0 aromatic heterocycles. The molecule has 7 nitrogen and oxygen atoms in total. The number of hydrogen-bond acceptors (Lipinski definition) is 5. The number of aryl methyl sites for hydroxylation is 1. The Balaban J connectivity index is 1.36. The van der Waals surface area contributed by atoms with Crippen molar-refractivity contribution in [3.63, 3.8) is 0 Å². The second-order valence-electron chi connectivity index (χ2n) is 8.14. The van der Waals surface area contributed by atoms with E-state index in [0.717, 1.165) is 30.4 Å². The number of carbonyl (C=O) groups excluding carboxylic acids is 1. The lowest BCUT2D eigenvalue weighted by molar-refractivity contribution is -0.114. The Morgan fingerprint density at radius 3 is 2.78 bits per heavy atom. The number of carbonyl (C=O) groups is 1. The molecule has 1 unspecified atom stereocenters. The van der Waals surface area contributed by atoms with E-state index in [9.17, 15) is 13.2 Å². The number of sulfonamides is 1. The first-order chi connectivity index (χ1) is 15.4. The zero-order chi connectivity index (χ0) is 22.3. The molecule has 8 heteroatoms. The van der Waals surface area contributed by atoms with Gasteiger partial charge < -0.3 is 14.8 Å². The van der Waals surface area contributed by atoms with Crippen LogP contribution in [0.5, 0.6) is 5.75 Å². The summed E-state index contributed by atoms with van der Waals surface area (Å²) in [6, 6.07) is 16.0. The second-order valence-corrected chi connectivity index (χ2v) is 9.97. The average molecular weight is 453 g/mol. The first-order valence-electron chi connectivity index (χ1n) is 10.6. The van der Waals surface area contributed by atoms with Gasteiger partial charge in [-0.05, 0) is 55.0 Å². The highest BCUT2D eigenvalue weighted by Crippen LogP contribution is 2.41. The molecule has 1 amide bonds. The second kappa shape index (κ2) is 8.11. The Labute approximate surface area is 187 Å². The fourth-order valence-corrected chi connectivity index (χ4v) is 5.93. The van der Waals surface area contributed by atoms with Crippen LogP contribution in [-0.2, 0) is 19.6 Å². The average Bonchev–Trinajstić information content (AvgIpc) is 3.37. The maximum Gasteiger partial charge on any atom is 0.265 e. The van der Waals surface area contributed by atoms with Crippen molar-refractivity contribution in [1.29, 1.82) is 0 Å². The minimum atomic E-state index is -3.80. The van der Waals surface area contributed by atoms with Crippen LogP contribution in [0.2, 0.25) is 0 Å². The third-order valence-corrected chi connectivity index (χ3v) is 7.63. The predicted octanol–water partition coefficient (Wildman–Crippen LogP) is 3.85. The Kier molecular flexibility index (Phi) is 5.27. The van der Waals surface area contributed by atoms with Gasteiger partial charge in [0.15, 0.2) is 0 Å². The number of benzene rings is 3. The van der Waals surface area contributed by atoms with Crippen molar-refractivity contribution < 1.29 is 22.7 Å². The third kappa shape index (κ3) is 3.69. The van der Waals surface area contributed by atoms with E-state index in [1.165, 1.54) is 4.31 Å². The summed E-state index contributed by atoms with van der Waals surface area (Å²) >= 11 is 0. The number of amides is 1. The van der Waals surface area contributed by atoms with E-state index in [-0.39, 0.29) is 17.5 Å². The minimum absolute atomic E-state index is 0.0489. The van der Waals surface area contributed by atoms with Gasteiger partial charge in [-0.15, -0.1) is 0 Å². The lowest BCUT2D eigenvalue weighted by atomic mass is 10.1. The van der Waals surface area contributed by atoms with E-state index in [1.807, 2.05) is 31.2 Å². The molecule has 1 atom stereocenters. The third-order valence-electron chi connectivity index (χ3n) is 5.83. The molecular formula is C24H24N2O5S. The molecule has 3 aromatic rings. The SMILES string of the molecule is Cc1ccc(NC(=O)CN2c3cccc4cccc(c34)S2(=O)=O)c(OCC2CCCO2)c1. The summed E-state index contributed by atoms with van der Waals surface area (Å²) in [5.74, 6) is 0.104. The normalized spacial score (nSPS) is 18.8. The van der Waals surface area contributed by atoms with E-state index in [4.69, 9.17) is 9.47 Å². The van der Waals surface area contributed by atoms with Crippen molar-refractivity contribution in [2.75, 3.05) is 29.4 Å². The summed E-state index contributed by atoms with van der Waals surface area (Å²) in [7, 11) is -3.80. The van der Waals surface area contributed by atoms with E-state index >= 15 is 0 Å². The van der Waals surface area contributed by atoms with Gasteiger partial charge in [-0.3, -0.25) is 9.10 Å². The molecule has 0 bridgehead atoms. The number of hydrogen-bond donors (Lipinski definition) is 1. The molecule has 0 spiro atoms. The molecule has 0 radical (unpaired) electrons. The summed E-state index contributed by atoms with van der Waals surface area (Å²) in [4.78, 5) is 13.2. The number of anilines is 2. The molecule has 2 heterocycles. The maximum absolute atomic E-state index is 13.1. The summed E-state index contributed by atoms with van der Waals surface area (Å²) in [6.45, 7) is 2.77. The number of nitrogens with zero attached hydrogens (tertiary/aromatic N) is 1. The van der Waals surface area contributed by atoms with E-state index in [2.05, 4.69) is 5.32 Å². The fraction of sp³-hybridized carbons (Fsp3) is 0.292. The van der Waals surface area contributed by atoms with Gasteiger partial charge >= 0.3 is 0 Å². The number of ether oxygens (including phenoxy) is 2. The molecule has 2 aliphatic rings. The fourth-order valence-electron chi connectivity index (χ4n) is 4.26. The van der Waals surface area contributed by atoms with Gasteiger partial charge in [-0.2, -0.15) is 0 Å². The first-order valence-corrected chi connectivity index (χ1v) is 12.1. The standard InChI is InChI=1S/C24H24N2O5S/c1-16-10-11-19(21(13-16)31-15-18-7-4-12-30-18)25-23(27)14-26-20-8-2-5-17-6-3-9-22(24(17)20)32(26,28)29/h2-3,5-6,8-11,13,18H,4,7,12,14-15H2,1H3,(H,25,27). The van der Waals surface area contributed by atoms with Crippen molar-refractivity contribution in [2.45, 2.75) is 30.8 Å². The van der Waals surface area contributed by atoms with E-state index in [0.29, 0.717) is 29.1 Å². The molecule has 5 rings (SSSR count). The van der Waals surface area contributed by atoms with Crippen LogP contribution in [0.3, 0.4) is 0 Å². The zero-order valence-electron chi connectivity index (χ0n) is 17.7. The largest absolute Gasteiger partial charge is 0.489 e. The maximum atomic E-state index is 13.1. The molecule has 1 fully saturated rings. The molecule has 2 aliphatic heterocycles. The Morgan fingerprint density at radius 2 is 2.00 bits per heavy atom. The lowest BCUT2D eigenvalue weighted by Crippen LogP contribution is -2.35. The molecule has 32 heavy (non-hydrogen) atoms. The van der Waals surface area contributed by atoms with Crippen LogP contribution in [0.25, 0.3) is 10.8 Å². The topological polar surface area (TPSA) is 84.9 Å². The van der Waals surface area contributed by atoms with Crippen LogP contribution >= 0.6 is 0 Å².